The molecule has 0 aromatic heterocycles. The molecule has 0 bridgehead atoms. The highest BCUT2D eigenvalue weighted by Gasteiger charge is 2.43. The second-order valence-corrected chi connectivity index (χ2v) is 6.10. The van der Waals surface area contributed by atoms with E-state index in [0.29, 0.717) is 13.1 Å². The van der Waals surface area contributed by atoms with Crippen molar-refractivity contribution in [3.05, 3.63) is 29.8 Å². The van der Waals surface area contributed by atoms with Crippen LogP contribution in [0, 0.1) is 0 Å². The van der Waals surface area contributed by atoms with E-state index in [2.05, 4.69) is 10.2 Å². The van der Waals surface area contributed by atoms with Gasteiger partial charge >= 0.3 is 6.03 Å². The van der Waals surface area contributed by atoms with Crippen LogP contribution in [0.4, 0.5) is 4.79 Å². The zero-order valence-electron chi connectivity index (χ0n) is 13.5. The van der Waals surface area contributed by atoms with Gasteiger partial charge in [0.2, 0.25) is 0 Å². The number of nitrogens with one attached hydrogen (secondary N) is 1. The lowest BCUT2D eigenvalue weighted by Gasteiger charge is -2.21. The van der Waals surface area contributed by atoms with E-state index < -0.39 is 5.54 Å². The zero-order chi connectivity index (χ0) is 16.3. The number of urea groups is 1. The third-order valence-electron chi connectivity index (χ3n) is 3.74. The predicted molar refractivity (Wildman–Crippen MR) is 83.7 cm³/mol. The van der Waals surface area contributed by atoms with Gasteiger partial charge in [0, 0.05) is 19.6 Å². The maximum absolute atomic E-state index is 12.1. The number of likely N-dealkylation sites (N-methyl/N-ethyl adjacent to an activating group) is 1. The SMILES string of the molecule is COc1cccc(CN(C)CCN2C(=O)NC(C)(C)C2=O)c1. The number of hydrogen-bond donors (Lipinski definition) is 1. The first-order chi connectivity index (χ1) is 10.3. The molecule has 0 spiro atoms. The second kappa shape index (κ2) is 6.36. The number of carbonyl (C=O) groups excluding carboxylic acids is 2. The van der Waals surface area contributed by atoms with Crippen LogP contribution in [-0.2, 0) is 11.3 Å². The van der Waals surface area contributed by atoms with Gasteiger partial charge in [-0.1, -0.05) is 12.1 Å². The van der Waals surface area contributed by atoms with Crippen LogP contribution < -0.4 is 10.1 Å². The lowest BCUT2D eigenvalue weighted by Crippen LogP contribution is -2.41. The normalized spacial score (nSPS) is 17.0. The van der Waals surface area contributed by atoms with Gasteiger partial charge in [-0.05, 0) is 38.6 Å². The van der Waals surface area contributed by atoms with Crippen LogP contribution in [0.2, 0.25) is 0 Å². The van der Waals surface area contributed by atoms with Gasteiger partial charge in [-0.3, -0.25) is 9.69 Å². The van der Waals surface area contributed by atoms with Gasteiger partial charge in [-0.25, -0.2) is 4.79 Å². The lowest BCUT2D eigenvalue weighted by atomic mass is 10.1. The number of carbonyl (C=O) groups is 2. The molecule has 3 amide bonds. The van der Waals surface area contributed by atoms with Crippen LogP contribution >= 0.6 is 0 Å². The molecule has 6 nitrogen and oxygen atoms in total. The van der Waals surface area contributed by atoms with Gasteiger partial charge < -0.3 is 15.0 Å². The molecule has 1 aromatic rings. The first-order valence-corrected chi connectivity index (χ1v) is 7.29. The molecule has 1 fully saturated rings. The van der Waals surface area contributed by atoms with Crippen molar-refractivity contribution in [2.75, 3.05) is 27.2 Å². The Balaban J connectivity index is 1.89. The molecule has 1 N–H and O–H groups in total. The smallest absolute Gasteiger partial charge is 0.325 e. The van der Waals surface area contributed by atoms with Crippen molar-refractivity contribution in [3.63, 3.8) is 0 Å². The molecular formula is C16H23N3O3. The standard InChI is InChI=1S/C16H23N3O3/c1-16(2)14(20)19(15(21)17-16)9-8-18(3)11-12-6-5-7-13(10-12)22-4/h5-7,10H,8-9,11H2,1-4H3,(H,17,21). The summed E-state index contributed by atoms with van der Waals surface area (Å²) in [5, 5.41) is 2.68. The van der Waals surface area contributed by atoms with Crippen LogP contribution in [0.1, 0.15) is 19.4 Å². The molecule has 120 valence electrons. The summed E-state index contributed by atoms with van der Waals surface area (Å²) in [5.41, 5.74) is 0.321. The Morgan fingerprint density at radius 1 is 1.32 bits per heavy atom. The largest absolute Gasteiger partial charge is 0.497 e. The number of amides is 3. The fourth-order valence-electron chi connectivity index (χ4n) is 2.45. The highest BCUT2D eigenvalue weighted by molar-refractivity contribution is 6.06. The molecule has 22 heavy (non-hydrogen) atoms. The monoisotopic (exact) mass is 305 g/mol. The number of ether oxygens (including phenoxy) is 1. The number of benzene rings is 1. The molecule has 0 aliphatic carbocycles. The summed E-state index contributed by atoms with van der Waals surface area (Å²) in [4.78, 5) is 27.3. The molecule has 2 rings (SSSR count). The van der Waals surface area contributed by atoms with Crippen molar-refractivity contribution in [2.24, 2.45) is 0 Å². The third kappa shape index (κ3) is 3.57. The number of methoxy groups -OCH3 is 1. The molecule has 1 aromatic carbocycles. The minimum atomic E-state index is -0.803. The van der Waals surface area contributed by atoms with Gasteiger partial charge in [-0.2, -0.15) is 0 Å². The van der Waals surface area contributed by atoms with Crippen LogP contribution in [0.5, 0.6) is 5.75 Å². The topological polar surface area (TPSA) is 61.9 Å². The van der Waals surface area contributed by atoms with E-state index in [-0.39, 0.29) is 11.9 Å². The van der Waals surface area contributed by atoms with Crippen LogP contribution in [-0.4, -0.2) is 54.5 Å². The Morgan fingerprint density at radius 2 is 2.05 bits per heavy atom. The first-order valence-electron chi connectivity index (χ1n) is 7.29. The Bertz CT molecular complexity index is 572. The predicted octanol–water partition coefficient (Wildman–Crippen LogP) is 1.46. The zero-order valence-corrected chi connectivity index (χ0v) is 13.5. The fraction of sp³-hybridized carbons (Fsp3) is 0.500. The quantitative estimate of drug-likeness (QED) is 0.808. The van der Waals surface area contributed by atoms with E-state index in [4.69, 9.17) is 4.74 Å². The highest BCUT2D eigenvalue weighted by Crippen LogP contribution is 2.17. The fourth-order valence-corrected chi connectivity index (χ4v) is 2.45. The summed E-state index contributed by atoms with van der Waals surface area (Å²) in [5.74, 6) is 0.647. The van der Waals surface area contributed by atoms with Gasteiger partial charge in [0.15, 0.2) is 0 Å². The number of hydrogen-bond acceptors (Lipinski definition) is 4. The molecule has 0 unspecified atom stereocenters. The van der Waals surface area contributed by atoms with Crippen molar-refractivity contribution in [1.82, 2.24) is 15.1 Å². The molecule has 1 aliphatic rings. The van der Waals surface area contributed by atoms with Gasteiger partial charge in [0.25, 0.3) is 5.91 Å². The third-order valence-corrected chi connectivity index (χ3v) is 3.74. The molecule has 0 saturated carbocycles. The molecule has 1 heterocycles. The maximum atomic E-state index is 12.1. The van der Waals surface area contributed by atoms with Gasteiger partial charge in [0.1, 0.15) is 11.3 Å². The van der Waals surface area contributed by atoms with E-state index in [1.54, 1.807) is 21.0 Å². The van der Waals surface area contributed by atoms with Crippen molar-refractivity contribution in [2.45, 2.75) is 25.9 Å². The maximum Gasteiger partial charge on any atom is 0.325 e. The summed E-state index contributed by atoms with van der Waals surface area (Å²) >= 11 is 0. The van der Waals surface area contributed by atoms with Gasteiger partial charge in [0.05, 0.1) is 7.11 Å². The van der Waals surface area contributed by atoms with Crippen LogP contribution in [0.15, 0.2) is 24.3 Å². The lowest BCUT2D eigenvalue weighted by molar-refractivity contribution is -0.130. The highest BCUT2D eigenvalue weighted by atomic mass is 16.5. The number of rotatable bonds is 6. The summed E-state index contributed by atoms with van der Waals surface area (Å²) in [7, 11) is 3.60. The summed E-state index contributed by atoms with van der Waals surface area (Å²) in [6.45, 7) is 5.16. The van der Waals surface area contributed by atoms with E-state index in [1.165, 1.54) is 4.90 Å². The molecule has 1 saturated heterocycles. The van der Waals surface area contributed by atoms with Crippen LogP contribution in [0.3, 0.4) is 0 Å². The number of nitrogens with zero attached hydrogens (tertiary/aromatic N) is 2. The Kier molecular flexibility index (Phi) is 4.71. The van der Waals surface area contributed by atoms with E-state index in [0.717, 1.165) is 17.9 Å². The minimum absolute atomic E-state index is 0.174. The van der Waals surface area contributed by atoms with Crippen LogP contribution in [0.25, 0.3) is 0 Å². The van der Waals surface area contributed by atoms with Crippen molar-refractivity contribution < 1.29 is 14.3 Å². The first kappa shape index (κ1) is 16.3. The molecule has 0 atom stereocenters. The Morgan fingerprint density at radius 3 is 2.64 bits per heavy atom. The molecular weight excluding hydrogens is 282 g/mol. The second-order valence-electron chi connectivity index (χ2n) is 6.10. The van der Waals surface area contributed by atoms with Crippen molar-refractivity contribution in [3.8, 4) is 5.75 Å². The summed E-state index contributed by atoms with van der Waals surface area (Å²) < 4.78 is 5.20. The minimum Gasteiger partial charge on any atom is -0.497 e. The Labute approximate surface area is 131 Å². The summed E-state index contributed by atoms with van der Waals surface area (Å²) in [6, 6.07) is 7.54. The number of imide groups is 1. The van der Waals surface area contributed by atoms with E-state index in [1.807, 2.05) is 31.3 Å². The van der Waals surface area contributed by atoms with Crippen molar-refractivity contribution >= 4 is 11.9 Å². The molecule has 1 aliphatic heterocycles. The van der Waals surface area contributed by atoms with E-state index in [9.17, 15) is 9.59 Å². The van der Waals surface area contributed by atoms with E-state index >= 15 is 0 Å². The summed E-state index contributed by atoms with van der Waals surface area (Å²) in [6.07, 6.45) is 0. The van der Waals surface area contributed by atoms with Gasteiger partial charge in [-0.15, -0.1) is 0 Å². The average Bonchev–Trinajstić information content (AvgIpc) is 2.65. The molecule has 0 radical (unpaired) electrons. The average molecular weight is 305 g/mol. The van der Waals surface area contributed by atoms with Crippen molar-refractivity contribution in [1.29, 1.82) is 0 Å². The molecule has 6 heteroatoms. The Hall–Kier alpha value is -2.08.